The van der Waals surface area contributed by atoms with Crippen molar-refractivity contribution in [2.24, 2.45) is 0 Å². The van der Waals surface area contributed by atoms with Crippen LogP contribution in [0.1, 0.15) is 19.3 Å². The van der Waals surface area contributed by atoms with Crippen LogP contribution in [0.3, 0.4) is 0 Å². The number of aliphatic carboxylic acids is 2. The van der Waals surface area contributed by atoms with E-state index in [1.54, 1.807) is 0 Å². The fraction of sp³-hybridized carbons (Fsp3) is 0.600. The predicted octanol–water partition coefficient (Wildman–Crippen LogP) is -2.35. The van der Waals surface area contributed by atoms with E-state index >= 15 is 0 Å². The molecular formula is C5H6CdO4. The largest absolute Gasteiger partial charge is 2.00 e. The molecule has 0 unspecified atom stereocenters. The molecule has 0 aromatic carbocycles. The quantitative estimate of drug-likeness (QED) is 0.517. The Balaban J connectivity index is 0. The first kappa shape index (κ1) is 12.5. The molecule has 0 bridgehead atoms. The van der Waals surface area contributed by atoms with Crippen LogP contribution in [0.15, 0.2) is 0 Å². The van der Waals surface area contributed by atoms with Gasteiger partial charge in [-0.05, 0) is 19.3 Å². The van der Waals surface area contributed by atoms with Crippen molar-refractivity contribution in [2.45, 2.75) is 19.3 Å². The van der Waals surface area contributed by atoms with Crippen molar-refractivity contribution in [1.29, 1.82) is 0 Å². The van der Waals surface area contributed by atoms with E-state index in [0.717, 1.165) is 0 Å². The van der Waals surface area contributed by atoms with Crippen LogP contribution in [0.2, 0.25) is 0 Å². The van der Waals surface area contributed by atoms with E-state index in [1.165, 1.54) is 0 Å². The monoisotopic (exact) mass is 244 g/mol. The minimum absolute atomic E-state index is 0. The van der Waals surface area contributed by atoms with Crippen LogP contribution in [0.25, 0.3) is 0 Å². The average Bonchev–Trinajstić information content (AvgIpc) is 1.63. The number of carboxylic acid groups (broad SMARTS) is 2. The van der Waals surface area contributed by atoms with E-state index in [4.69, 9.17) is 0 Å². The summed E-state index contributed by atoms with van der Waals surface area (Å²) < 4.78 is 0. The van der Waals surface area contributed by atoms with Crippen LogP contribution >= 0.6 is 0 Å². The fourth-order valence-electron chi connectivity index (χ4n) is 0.377. The second kappa shape index (κ2) is 6.97. The third-order valence-corrected chi connectivity index (χ3v) is 0.762. The first-order valence-electron chi connectivity index (χ1n) is 2.52. The molecule has 0 aromatic heterocycles. The Bertz CT molecular complexity index is 109. The Morgan fingerprint density at radius 3 is 1.50 bits per heavy atom. The average molecular weight is 243 g/mol. The topological polar surface area (TPSA) is 80.3 Å². The molecule has 4 nitrogen and oxygen atoms in total. The van der Waals surface area contributed by atoms with Crippen LogP contribution in [-0.4, -0.2) is 11.9 Å². The van der Waals surface area contributed by atoms with E-state index in [0.29, 0.717) is 0 Å². The van der Waals surface area contributed by atoms with Gasteiger partial charge in [0.15, 0.2) is 0 Å². The summed E-state index contributed by atoms with van der Waals surface area (Å²) in [6, 6.07) is 0. The molecule has 0 aromatic rings. The van der Waals surface area contributed by atoms with Crippen LogP contribution in [0.4, 0.5) is 0 Å². The van der Waals surface area contributed by atoms with Gasteiger partial charge in [-0.2, -0.15) is 0 Å². The summed E-state index contributed by atoms with van der Waals surface area (Å²) in [6.07, 6.45) is -0.341. The van der Waals surface area contributed by atoms with Crippen LogP contribution in [0, 0.1) is 0 Å². The van der Waals surface area contributed by atoms with Gasteiger partial charge in [0, 0.05) is 11.9 Å². The zero-order chi connectivity index (χ0) is 7.28. The molecule has 0 heterocycles. The van der Waals surface area contributed by atoms with Gasteiger partial charge in [0.05, 0.1) is 0 Å². The molecule has 0 fully saturated rings. The molecule has 52 valence electrons. The zero-order valence-corrected chi connectivity index (χ0v) is 9.50. The standard InChI is InChI=1S/C5H8O4.Cd/c6-4(7)2-1-3-5(8)9;/h1-3H2,(H,6,7)(H,8,9);/q;+2/p-2. The van der Waals surface area contributed by atoms with Gasteiger partial charge in [-0.25, -0.2) is 0 Å². The zero-order valence-electron chi connectivity index (χ0n) is 5.46. The molecule has 0 N–H and O–H groups in total. The molecule has 0 saturated carbocycles. The van der Waals surface area contributed by atoms with Gasteiger partial charge in [0.1, 0.15) is 0 Å². The van der Waals surface area contributed by atoms with Gasteiger partial charge in [-0.3, -0.25) is 0 Å². The Hall–Kier alpha value is -0.138. The molecule has 0 spiro atoms. The second-order valence-electron chi connectivity index (χ2n) is 1.60. The van der Waals surface area contributed by atoms with E-state index in [-0.39, 0.29) is 46.6 Å². The van der Waals surface area contributed by atoms with E-state index in [1.807, 2.05) is 0 Å². The van der Waals surface area contributed by atoms with Crippen LogP contribution in [0.5, 0.6) is 0 Å². The Morgan fingerprint density at radius 1 is 1.00 bits per heavy atom. The summed E-state index contributed by atoms with van der Waals surface area (Å²) in [6.45, 7) is 0. The first-order chi connectivity index (χ1) is 4.13. The van der Waals surface area contributed by atoms with Crippen molar-refractivity contribution in [1.82, 2.24) is 0 Å². The molecule has 0 atom stereocenters. The number of carbonyl (C=O) groups is 2. The molecule has 0 aliphatic rings. The minimum atomic E-state index is -1.23. The SMILES string of the molecule is O=C([O-])CCCC(=O)[O-].[Cd+2]. The smallest absolute Gasteiger partial charge is 0.550 e. The van der Waals surface area contributed by atoms with E-state index < -0.39 is 11.9 Å². The molecule has 10 heavy (non-hydrogen) atoms. The second-order valence-corrected chi connectivity index (χ2v) is 1.60. The summed E-state index contributed by atoms with van der Waals surface area (Å²) >= 11 is 0. The van der Waals surface area contributed by atoms with Crippen LogP contribution in [-0.2, 0) is 36.9 Å². The van der Waals surface area contributed by atoms with Gasteiger partial charge in [0.2, 0.25) is 0 Å². The maximum Gasteiger partial charge on any atom is 2.00 e. The third kappa shape index (κ3) is 10.8. The summed E-state index contributed by atoms with van der Waals surface area (Å²) in [5.41, 5.74) is 0. The number of carbonyl (C=O) groups excluding carboxylic acids is 2. The van der Waals surface area contributed by atoms with Gasteiger partial charge < -0.3 is 19.8 Å². The summed E-state index contributed by atoms with van der Waals surface area (Å²) in [5.74, 6) is -2.45. The number of rotatable bonds is 4. The van der Waals surface area contributed by atoms with Crippen molar-refractivity contribution in [3.05, 3.63) is 0 Å². The third-order valence-electron chi connectivity index (χ3n) is 0.762. The Morgan fingerprint density at radius 2 is 1.30 bits per heavy atom. The fourth-order valence-corrected chi connectivity index (χ4v) is 0.377. The minimum Gasteiger partial charge on any atom is -0.550 e. The summed E-state index contributed by atoms with van der Waals surface area (Å²) in [7, 11) is 0. The van der Waals surface area contributed by atoms with Crippen molar-refractivity contribution >= 4 is 11.9 Å². The molecule has 0 aliphatic heterocycles. The number of hydrogen-bond acceptors (Lipinski definition) is 4. The van der Waals surface area contributed by atoms with E-state index in [2.05, 4.69) is 0 Å². The van der Waals surface area contributed by atoms with Gasteiger partial charge in [0.25, 0.3) is 0 Å². The van der Waals surface area contributed by atoms with Gasteiger partial charge in [-0.1, -0.05) is 0 Å². The Kier molecular flexibility index (Phi) is 8.74. The maximum atomic E-state index is 9.66. The molecule has 0 amide bonds. The molecule has 5 heteroatoms. The van der Waals surface area contributed by atoms with Crippen LogP contribution < -0.4 is 10.2 Å². The number of carboxylic acids is 2. The summed E-state index contributed by atoms with van der Waals surface area (Å²) in [5, 5.41) is 19.3. The van der Waals surface area contributed by atoms with Crippen molar-refractivity contribution in [3.63, 3.8) is 0 Å². The van der Waals surface area contributed by atoms with Crippen molar-refractivity contribution < 1.29 is 47.1 Å². The molecule has 0 saturated heterocycles. The first-order valence-corrected chi connectivity index (χ1v) is 2.52. The molecular weight excluding hydrogens is 236 g/mol. The number of hydrogen-bond donors (Lipinski definition) is 0. The molecule has 0 rings (SSSR count). The van der Waals surface area contributed by atoms with Crippen molar-refractivity contribution in [3.8, 4) is 0 Å². The summed E-state index contributed by atoms with van der Waals surface area (Å²) in [4.78, 5) is 19.3. The predicted molar refractivity (Wildman–Crippen MR) is 23.9 cm³/mol. The maximum absolute atomic E-state index is 9.66. The molecule has 0 aliphatic carbocycles. The van der Waals surface area contributed by atoms with E-state index in [9.17, 15) is 19.8 Å². The molecule has 0 radical (unpaired) electrons. The van der Waals surface area contributed by atoms with Gasteiger partial charge >= 0.3 is 27.3 Å². The van der Waals surface area contributed by atoms with Crippen molar-refractivity contribution in [2.75, 3.05) is 0 Å². The normalized spacial score (nSPS) is 8.00. The van der Waals surface area contributed by atoms with Gasteiger partial charge in [-0.15, -0.1) is 0 Å². The Labute approximate surface area is 78.4 Å².